The van der Waals surface area contributed by atoms with Crippen LogP contribution in [-0.2, 0) is 0 Å². The molecule has 0 aromatic heterocycles. The Kier molecular flexibility index (Phi) is 5.91. The Labute approximate surface area is 117 Å². The number of nitrogens with one attached hydrogen (secondary N) is 1. The van der Waals surface area contributed by atoms with E-state index in [1.807, 2.05) is 13.0 Å². The van der Waals surface area contributed by atoms with E-state index in [1.165, 1.54) is 11.9 Å². The van der Waals surface area contributed by atoms with Crippen LogP contribution in [-0.4, -0.2) is 30.9 Å². The molecular weight excluding hydrogens is 264 g/mol. The van der Waals surface area contributed by atoms with Crippen LogP contribution >= 0.6 is 0 Å². The van der Waals surface area contributed by atoms with E-state index in [9.17, 15) is 13.6 Å². The maximum atomic E-state index is 13.8. The SMILES string of the molecule is CCCNc1c(F)cc(C(=O)N(C)CCC#N)cc1F. The van der Waals surface area contributed by atoms with Crippen molar-refractivity contribution in [2.45, 2.75) is 19.8 Å². The predicted molar refractivity (Wildman–Crippen MR) is 72.3 cm³/mol. The zero-order chi connectivity index (χ0) is 15.1. The number of amides is 1. The van der Waals surface area contributed by atoms with Crippen molar-refractivity contribution in [2.24, 2.45) is 0 Å². The van der Waals surface area contributed by atoms with Gasteiger partial charge in [-0.2, -0.15) is 5.26 Å². The molecule has 1 N–H and O–H groups in total. The molecule has 1 aromatic carbocycles. The number of carbonyl (C=O) groups excluding carboxylic acids is 1. The third kappa shape index (κ3) is 3.92. The van der Waals surface area contributed by atoms with Crippen molar-refractivity contribution in [3.8, 4) is 6.07 Å². The molecule has 0 radical (unpaired) electrons. The third-order valence-electron chi connectivity index (χ3n) is 2.75. The van der Waals surface area contributed by atoms with Crippen LogP contribution in [0.2, 0.25) is 0 Å². The highest BCUT2D eigenvalue weighted by atomic mass is 19.1. The van der Waals surface area contributed by atoms with E-state index >= 15 is 0 Å². The molecule has 6 heteroatoms. The summed E-state index contributed by atoms with van der Waals surface area (Å²) in [7, 11) is 1.48. The van der Waals surface area contributed by atoms with Crippen molar-refractivity contribution in [2.75, 3.05) is 25.5 Å². The maximum Gasteiger partial charge on any atom is 0.253 e. The van der Waals surface area contributed by atoms with Gasteiger partial charge in [0, 0.05) is 25.7 Å². The van der Waals surface area contributed by atoms with Crippen molar-refractivity contribution in [3.05, 3.63) is 29.3 Å². The van der Waals surface area contributed by atoms with Gasteiger partial charge in [0.2, 0.25) is 0 Å². The molecule has 20 heavy (non-hydrogen) atoms. The average molecular weight is 281 g/mol. The van der Waals surface area contributed by atoms with Crippen LogP contribution in [0, 0.1) is 23.0 Å². The highest BCUT2D eigenvalue weighted by Gasteiger charge is 2.17. The number of carbonyl (C=O) groups is 1. The summed E-state index contributed by atoms with van der Waals surface area (Å²) in [6.45, 7) is 2.54. The van der Waals surface area contributed by atoms with Crippen molar-refractivity contribution in [1.82, 2.24) is 4.90 Å². The van der Waals surface area contributed by atoms with Crippen LogP contribution in [0.15, 0.2) is 12.1 Å². The Morgan fingerprint density at radius 1 is 1.40 bits per heavy atom. The number of hydrogen-bond donors (Lipinski definition) is 1. The smallest absolute Gasteiger partial charge is 0.253 e. The molecule has 0 aliphatic carbocycles. The summed E-state index contributed by atoms with van der Waals surface area (Å²) in [6, 6.07) is 3.92. The van der Waals surface area contributed by atoms with Crippen molar-refractivity contribution >= 4 is 11.6 Å². The first-order valence-electron chi connectivity index (χ1n) is 6.36. The van der Waals surface area contributed by atoms with Crippen LogP contribution in [0.4, 0.5) is 14.5 Å². The lowest BCUT2D eigenvalue weighted by molar-refractivity contribution is 0.0797. The largest absolute Gasteiger partial charge is 0.380 e. The normalized spacial score (nSPS) is 9.95. The number of rotatable bonds is 6. The lowest BCUT2D eigenvalue weighted by Crippen LogP contribution is -2.27. The standard InChI is InChI=1S/C14H17F2N3O/c1-3-6-18-13-11(15)8-10(9-12(13)16)14(20)19(2)7-4-5-17/h8-9,18H,3-4,6-7H2,1-2H3. The Morgan fingerprint density at radius 3 is 2.50 bits per heavy atom. The lowest BCUT2D eigenvalue weighted by atomic mass is 10.1. The van der Waals surface area contributed by atoms with Crippen LogP contribution in [0.5, 0.6) is 0 Å². The van der Waals surface area contributed by atoms with E-state index in [1.54, 1.807) is 0 Å². The van der Waals surface area contributed by atoms with E-state index in [-0.39, 0.29) is 24.2 Å². The molecule has 0 aliphatic heterocycles. The van der Waals surface area contributed by atoms with E-state index in [2.05, 4.69) is 5.32 Å². The summed E-state index contributed by atoms with van der Waals surface area (Å²) in [4.78, 5) is 13.2. The molecule has 0 saturated carbocycles. The van der Waals surface area contributed by atoms with Gasteiger partial charge in [0.15, 0.2) is 0 Å². The van der Waals surface area contributed by atoms with E-state index in [4.69, 9.17) is 5.26 Å². The summed E-state index contributed by atoms with van der Waals surface area (Å²) in [5, 5.41) is 11.1. The van der Waals surface area contributed by atoms with Gasteiger partial charge < -0.3 is 10.2 Å². The highest BCUT2D eigenvalue weighted by Crippen LogP contribution is 2.21. The Morgan fingerprint density at radius 2 is 2.00 bits per heavy atom. The second kappa shape index (κ2) is 7.43. The summed E-state index contributed by atoms with van der Waals surface area (Å²) in [6.07, 6.45) is 0.903. The Hall–Kier alpha value is -2.16. The number of nitrogens with zero attached hydrogens (tertiary/aromatic N) is 2. The number of halogens is 2. The van der Waals surface area contributed by atoms with Crippen molar-refractivity contribution < 1.29 is 13.6 Å². The minimum absolute atomic E-state index is 0.0671. The fourth-order valence-electron chi connectivity index (χ4n) is 1.66. The predicted octanol–water partition coefficient (Wildman–Crippen LogP) is 2.77. The first-order valence-corrected chi connectivity index (χ1v) is 6.36. The summed E-state index contributed by atoms with van der Waals surface area (Å²) >= 11 is 0. The molecule has 0 fully saturated rings. The van der Waals surface area contributed by atoms with Crippen molar-refractivity contribution in [1.29, 1.82) is 5.26 Å². The molecule has 0 heterocycles. The first-order chi connectivity index (χ1) is 9.51. The first kappa shape index (κ1) is 15.9. The zero-order valence-corrected chi connectivity index (χ0v) is 11.5. The average Bonchev–Trinajstić information content (AvgIpc) is 2.42. The van der Waals surface area contributed by atoms with Gasteiger partial charge in [-0.3, -0.25) is 4.79 Å². The molecule has 108 valence electrons. The van der Waals surface area contributed by atoms with Gasteiger partial charge in [-0.1, -0.05) is 6.92 Å². The van der Waals surface area contributed by atoms with Gasteiger partial charge in [0.25, 0.3) is 5.91 Å². The summed E-state index contributed by atoms with van der Waals surface area (Å²) < 4.78 is 27.6. The van der Waals surface area contributed by atoms with Gasteiger partial charge in [-0.05, 0) is 18.6 Å². The molecule has 0 spiro atoms. The number of benzene rings is 1. The molecule has 4 nitrogen and oxygen atoms in total. The molecular formula is C14H17F2N3O. The molecule has 1 rings (SSSR count). The summed E-state index contributed by atoms with van der Waals surface area (Å²) in [5.74, 6) is -2.11. The monoisotopic (exact) mass is 281 g/mol. The van der Waals surface area contributed by atoms with Gasteiger partial charge in [-0.25, -0.2) is 8.78 Å². The van der Waals surface area contributed by atoms with Crippen LogP contribution in [0.1, 0.15) is 30.1 Å². The highest BCUT2D eigenvalue weighted by molar-refractivity contribution is 5.94. The number of nitriles is 1. The van der Waals surface area contributed by atoms with Gasteiger partial charge in [0.1, 0.15) is 17.3 Å². The molecule has 0 saturated heterocycles. The topological polar surface area (TPSA) is 56.1 Å². The van der Waals surface area contributed by atoms with E-state index in [0.29, 0.717) is 6.54 Å². The fourth-order valence-corrected chi connectivity index (χ4v) is 1.66. The summed E-state index contributed by atoms with van der Waals surface area (Å²) in [5.41, 5.74) is -0.287. The van der Waals surface area contributed by atoms with E-state index in [0.717, 1.165) is 18.6 Å². The van der Waals surface area contributed by atoms with Gasteiger partial charge in [-0.15, -0.1) is 0 Å². The molecule has 0 aliphatic rings. The molecule has 0 atom stereocenters. The van der Waals surface area contributed by atoms with E-state index < -0.39 is 17.5 Å². The van der Waals surface area contributed by atoms with Crippen LogP contribution in [0.3, 0.4) is 0 Å². The van der Waals surface area contributed by atoms with Crippen LogP contribution < -0.4 is 5.32 Å². The van der Waals surface area contributed by atoms with Crippen LogP contribution in [0.25, 0.3) is 0 Å². The molecule has 1 aromatic rings. The minimum atomic E-state index is -0.796. The van der Waals surface area contributed by atoms with Crippen molar-refractivity contribution in [3.63, 3.8) is 0 Å². The quantitative estimate of drug-likeness (QED) is 0.872. The maximum absolute atomic E-state index is 13.8. The zero-order valence-electron chi connectivity index (χ0n) is 11.5. The molecule has 0 bridgehead atoms. The second-order valence-electron chi connectivity index (χ2n) is 4.38. The molecule has 1 amide bonds. The van der Waals surface area contributed by atoms with Gasteiger partial charge >= 0.3 is 0 Å². The molecule has 0 unspecified atom stereocenters. The second-order valence-corrected chi connectivity index (χ2v) is 4.38. The number of anilines is 1. The fraction of sp³-hybridized carbons (Fsp3) is 0.429. The number of hydrogen-bond acceptors (Lipinski definition) is 3. The minimum Gasteiger partial charge on any atom is -0.380 e. The Bertz CT molecular complexity index is 503. The Balaban J connectivity index is 2.93. The third-order valence-corrected chi connectivity index (χ3v) is 2.75. The van der Waals surface area contributed by atoms with Gasteiger partial charge in [0.05, 0.1) is 12.5 Å². The lowest BCUT2D eigenvalue weighted by Gasteiger charge is -2.16.